The van der Waals surface area contributed by atoms with Crippen molar-refractivity contribution in [2.45, 2.75) is 6.92 Å². The largest absolute Gasteiger partial charge is 0.436 e. The number of aryl methyl sites for hydroxylation is 1. The van der Waals surface area contributed by atoms with E-state index >= 15 is 0 Å². The van der Waals surface area contributed by atoms with E-state index in [0.717, 1.165) is 21.5 Å². The molecule has 0 N–H and O–H groups in total. The lowest BCUT2D eigenvalue weighted by atomic mass is 10.1. The van der Waals surface area contributed by atoms with Gasteiger partial charge in [-0.1, -0.05) is 28.1 Å². The second-order valence-electron chi connectivity index (χ2n) is 2.88. The summed E-state index contributed by atoms with van der Waals surface area (Å²) in [6, 6.07) is 7.97. The van der Waals surface area contributed by atoms with E-state index in [9.17, 15) is 0 Å². The zero-order valence-corrected chi connectivity index (χ0v) is 10.6. The Morgan fingerprint density at radius 1 is 1.29 bits per heavy atom. The second kappa shape index (κ2) is 3.87. The fourth-order valence-electron chi connectivity index (χ4n) is 1.27. The summed E-state index contributed by atoms with van der Waals surface area (Å²) in [7, 11) is 0. The average molecular weight is 317 g/mol. The fraction of sp³-hybridized carbons (Fsp3) is 0.100. The van der Waals surface area contributed by atoms with Crippen LogP contribution in [0.4, 0.5) is 0 Å². The van der Waals surface area contributed by atoms with E-state index in [1.54, 1.807) is 0 Å². The molecule has 2 nitrogen and oxygen atoms in total. The lowest BCUT2D eigenvalue weighted by molar-refractivity contribution is 0.501. The molecule has 1 heterocycles. The molecule has 0 unspecified atom stereocenters. The first-order valence-corrected chi connectivity index (χ1v) is 5.64. The van der Waals surface area contributed by atoms with Crippen LogP contribution in [0.1, 0.15) is 5.76 Å². The van der Waals surface area contributed by atoms with Gasteiger partial charge >= 0.3 is 0 Å². The van der Waals surface area contributed by atoms with Crippen LogP contribution in [-0.2, 0) is 0 Å². The number of rotatable bonds is 1. The molecule has 1 aromatic heterocycles. The van der Waals surface area contributed by atoms with Gasteiger partial charge in [-0.05, 0) is 19.1 Å². The molecule has 0 spiro atoms. The van der Waals surface area contributed by atoms with Crippen molar-refractivity contribution in [2.75, 3.05) is 0 Å². The summed E-state index contributed by atoms with van der Waals surface area (Å²) < 4.78 is 6.33. The first-order chi connectivity index (χ1) is 6.66. The number of benzene rings is 1. The highest BCUT2D eigenvalue weighted by atomic mass is 79.9. The predicted molar refractivity (Wildman–Crippen MR) is 62.1 cm³/mol. The van der Waals surface area contributed by atoms with Crippen molar-refractivity contribution >= 4 is 31.9 Å². The van der Waals surface area contributed by atoms with Crippen molar-refractivity contribution in [1.29, 1.82) is 0 Å². The van der Waals surface area contributed by atoms with Crippen LogP contribution < -0.4 is 0 Å². The van der Waals surface area contributed by atoms with Gasteiger partial charge in [-0.15, -0.1) is 0 Å². The molecule has 4 heteroatoms. The van der Waals surface area contributed by atoms with Gasteiger partial charge in [0.25, 0.3) is 4.80 Å². The minimum absolute atomic E-state index is 0.518. The Morgan fingerprint density at radius 3 is 2.64 bits per heavy atom. The molecule has 0 saturated heterocycles. The lowest BCUT2D eigenvalue weighted by Crippen LogP contribution is -1.79. The van der Waals surface area contributed by atoms with E-state index in [4.69, 9.17) is 4.42 Å². The summed E-state index contributed by atoms with van der Waals surface area (Å²) in [6.45, 7) is 1.90. The maximum Gasteiger partial charge on any atom is 0.264 e. The van der Waals surface area contributed by atoms with Crippen molar-refractivity contribution < 1.29 is 4.42 Å². The van der Waals surface area contributed by atoms with Gasteiger partial charge in [-0.25, -0.2) is 4.98 Å². The van der Waals surface area contributed by atoms with E-state index in [1.165, 1.54) is 0 Å². The Labute approximate surface area is 98.6 Å². The van der Waals surface area contributed by atoms with Crippen LogP contribution in [0, 0.1) is 6.92 Å². The van der Waals surface area contributed by atoms with Gasteiger partial charge < -0.3 is 4.42 Å². The number of halogens is 2. The molecule has 2 rings (SSSR count). The monoisotopic (exact) mass is 315 g/mol. The van der Waals surface area contributed by atoms with Crippen LogP contribution >= 0.6 is 31.9 Å². The minimum Gasteiger partial charge on any atom is -0.436 e. The van der Waals surface area contributed by atoms with Crippen molar-refractivity contribution in [3.05, 3.63) is 39.3 Å². The highest BCUT2D eigenvalue weighted by molar-refractivity contribution is 9.10. The molecule has 14 heavy (non-hydrogen) atoms. The second-order valence-corrected chi connectivity index (χ2v) is 4.48. The molecule has 0 fully saturated rings. The van der Waals surface area contributed by atoms with Gasteiger partial charge in [-0.2, -0.15) is 0 Å². The SMILES string of the molecule is Cc1oc(Br)nc1-c1cccc(Br)c1. The van der Waals surface area contributed by atoms with Crippen molar-refractivity contribution in [3.63, 3.8) is 0 Å². The smallest absolute Gasteiger partial charge is 0.264 e. The van der Waals surface area contributed by atoms with Crippen molar-refractivity contribution in [1.82, 2.24) is 4.98 Å². The molecular formula is C10H7Br2NO. The number of oxazole rings is 1. The Hall–Kier alpha value is -0.610. The van der Waals surface area contributed by atoms with Gasteiger partial charge in [0.05, 0.1) is 0 Å². The summed E-state index contributed by atoms with van der Waals surface area (Å²) in [5, 5.41) is 0. The summed E-state index contributed by atoms with van der Waals surface area (Å²) in [6.07, 6.45) is 0. The average Bonchev–Trinajstić information content (AvgIpc) is 2.45. The van der Waals surface area contributed by atoms with Crippen LogP contribution in [0.3, 0.4) is 0 Å². The van der Waals surface area contributed by atoms with Crippen LogP contribution in [0.25, 0.3) is 11.3 Å². The molecule has 0 atom stereocenters. The Bertz CT molecular complexity index is 465. The van der Waals surface area contributed by atoms with Crippen LogP contribution in [0.15, 0.2) is 38.0 Å². The molecule has 2 aromatic rings. The third kappa shape index (κ3) is 1.91. The molecule has 0 radical (unpaired) electrons. The summed E-state index contributed by atoms with van der Waals surface area (Å²) in [4.78, 5) is 4.77. The predicted octanol–water partition coefficient (Wildman–Crippen LogP) is 4.18. The van der Waals surface area contributed by atoms with Crippen molar-refractivity contribution in [3.8, 4) is 11.3 Å². The van der Waals surface area contributed by atoms with Gasteiger partial charge in [0, 0.05) is 26.0 Å². The normalized spacial score (nSPS) is 10.5. The molecule has 0 saturated carbocycles. The first kappa shape index (κ1) is 9.93. The molecular weight excluding hydrogens is 310 g/mol. The minimum atomic E-state index is 0.518. The van der Waals surface area contributed by atoms with E-state index in [-0.39, 0.29) is 0 Å². The van der Waals surface area contributed by atoms with Gasteiger partial charge in [0.15, 0.2) is 0 Å². The molecule has 0 bridgehead atoms. The van der Waals surface area contributed by atoms with E-state index in [2.05, 4.69) is 36.8 Å². The maximum absolute atomic E-state index is 5.30. The number of hydrogen-bond donors (Lipinski definition) is 0. The topological polar surface area (TPSA) is 26.0 Å². The third-order valence-corrected chi connectivity index (χ3v) is 2.70. The van der Waals surface area contributed by atoms with Gasteiger partial charge in [0.2, 0.25) is 0 Å². The van der Waals surface area contributed by atoms with Gasteiger partial charge in [-0.3, -0.25) is 0 Å². The van der Waals surface area contributed by atoms with Crippen LogP contribution in [0.5, 0.6) is 0 Å². The Kier molecular flexibility index (Phi) is 2.74. The molecule has 0 aliphatic heterocycles. The number of nitrogens with zero attached hydrogens (tertiary/aromatic N) is 1. The zero-order chi connectivity index (χ0) is 10.1. The Morgan fingerprint density at radius 2 is 2.07 bits per heavy atom. The fourth-order valence-corrected chi connectivity index (χ4v) is 2.09. The summed E-state index contributed by atoms with van der Waals surface area (Å²) in [5.74, 6) is 0.815. The van der Waals surface area contributed by atoms with Gasteiger partial charge in [0.1, 0.15) is 11.5 Å². The van der Waals surface area contributed by atoms with E-state index in [0.29, 0.717) is 4.80 Å². The first-order valence-electron chi connectivity index (χ1n) is 4.05. The van der Waals surface area contributed by atoms with E-state index < -0.39 is 0 Å². The molecule has 1 aromatic carbocycles. The summed E-state index contributed by atoms with van der Waals surface area (Å²) >= 11 is 6.63. The standard InChI is InChI=1S/C10H7Br2NO/c1-6-9(13-10(12)14-6)7-3-2-4-8(11)5-7/h2-5H,1H3. The van der Waals surface area contributed by atoms with Crippen molar-refractivity contribution in [2.24, 2.45) is 0 Å². The van der Waals surface area contributed by atoms with E-state index in [1.807, 2.05) is 31.2 Å². The van der Waals surface area contributed by atoms with Crippen LogP contribution in [0.2, 0.25) is 0 Å². The summed E-state index contributed by atoms with van der Waals surface area (Å²) in [5.41, 5.74) is 1.92. The maximum atomic E-state index is 5.30. The Balaban J connectivity index is 2.54. The quantitative estimate of drug-likeness (QED) is 0.789. The van der Waals surface area contributed by atoms with Crippen LogP contribution in [-0.4, -0.2) is 4.98 Å². The lowest BCUT2D eigenvalue weighted by Gasteiger charge is -1.97. The molecule has 0 aliphatic carbocycles. The zero-order valence-electron chi connectivity index (χ0n) is 7.42. The molecule has 0 aliphatic rings. The number of hydrogen-bond acceptors (Lipinski definition) is 2. The molecule has 0 amide bonds. The molecule has 72 valence electrons. The third-order valence-electron chi connectivity index (χ3n) is 1.87. The number of aromatic nitrogens is 1. The highest BCUT2D eigenvalue weighted by Gasteiger charge is 2.09. The highest BCUT2D eigenvalue weighted by Crippen LogP contribution is 2.27.